The molecule has 1 saturated heterocycles. The number of hydrogen-bond donors (Lipinski definition) is 1. The van der Waals surface area contributed by atoms with Crippen LogP contribution in [-0.2, 0) is 6.54 Å². The number of nitrogens with zero attached hydrogens (tertiary/aromatic N) is 5. The number of aromatic nitrogens is 3. The SMILES string of the molecule is CCN1CCN(C(=O)c2ccc(NCc3cccnc3)nn2)CC1. The van der Waals surface area contributed by atoms with E-state index in [0.717, 1.165) is 38.3 Å². The summed E-state index contributed by atoms with van der Waals surface area (Å²) >= 11 is 0. The highest BCUT2D eigenvalue weighted by Crippen LogP contribution is 2.09. The summed E-state index contributed by atoms with van der Waals surface area (Å²) in [5, 5.41) is 11.3. The number of hydrogen-bond acceptors (Lipinski definition) is 6. The average Bonchev–Trinajstić information content (AvgIpc) is 2.67. The van der Waals surface area contributed by atoms with Gasteiger partial charge in [0.05, 0.1) is 0 Å². The van der Waals surface area contributed by atoms with E-state index in [1.165, 1.54) is 0 Å². The fraction of sp³-hybridized carbons (Fsp3) is 0.412. The summed E-state index contributed by atoms with van der Waals surface area (Å²) in [5.74, 6) is 0.600. The second-order valence-electron chi connectivity index (χ2n) is 5.75. The summed E-state index contributed by atoms with van der Waals surface area (Å²) in [6, 6.07) is 7.40. The Kier molecular flexibility index (Phi) is 5.32. The van der Waals surface area contributed by atoms with Crippen molar-refractivity contribution in [1.82, 2.24) is 25.0 Å². The largest absolute Gasteiger partial charge is 0.364 e. The third-order valence-corrected chi connectivity index (χ3v) is 4.19. The van der Waals surface area contributed by atoms with E-state index in [0.29, 0.717) is 18.1 Å². The van der Waals surface area contributed by atoms with E-state index in [1.54, 1.807) is 24.5 Å². The van der Waals surface area contributed by atoms with Gasteiger partial charge in [-0.1, -0.05) is 13.0 Å². The highest BCUT2D eigenvalue weighted by Gasteiger charge is 2.22. The van der Waals surface area contributed by atoms with Gasteiger partial charge in [0.15, 0.2) is 5.69 Å². The standard InChI is InChI=1S/C17H22N6O/c1-2-22-8-10-23(11-9-22)17(24)15-5-6-16(21-20-15)19-13-14-4-3-7-18-12-14/h3-7,12H,2,8-11,13H2,1H3,(H,19,21). The Morgan fingerprint density at radius 2 is 2.00 bits per heavy atom. The summed E-state index contributed by atoms with van der Waals surface area (Å²) in [6.45, 7) is 7.11. The van der Waals surface area contributed by atoms with E-state index in [4.69, 9.17) is 0 Å². The number of pyridine rings is 1. The Balaban J connectivity index is 1.55. The molecule has 7 heteroatoms. The van der Waals surface area contributed by atoms with Crippen LogP contribution >= 0.6 is 0 Å². The molecule has 0 atom stereocenters. The number of anilines is 1. The molecule has 2 aromatic rings. The van der Waals surface area contributed by atoms with E-state index in [1.807, 2.05) is 17.0 Å². The van der Waals surface area contributed by atoms with Gasteiger partial charge in [0, 0.05) is 45.1 Å². The second kappa shape index (κ2) is 7.83. The molecule has 24 heavy (non-hydrogen) atoms. The second-order valence-corrected chi connectivity index (χ2v) is 5.75. The molecule has 0 spiro atoms. The minimum atomic E-state index is -0.0444. The van der Waals surface area contributed by atoms with Crippen molar-refractivity contribution >= 4 is 11.7 Å². The van der Waals surface area contributed by atoms with Crippen molar-refractivity contribution in [3.63, 3.8) is 0 Å². The summed E-state index contributed by atoms with van der Waals surface area (Å²) in [5.41, 5.74) is 1.46. The molecule has 3 heterocycles. The lowest BCUT2D eigenvalue weighted by atomic mass is 10.2. The van der Waals surface area contributed by atoms with Crippen molar-refractivity contribution in [2.45, 2.75) is 13.5 Å². The van der Waals surface area contributed by atoms with Crippen LogP contribution in [0.15, 0.2) is 36.7 Å². The number of likely N-dealkylation sites (N-methyl/N-ethyl adjacent to an activating group) is 1. The molecule has 2 aromatic heterocycles. The maximum atomic E-state index is 12.5. The molecule has 0 bridgehead atoms. The molecule has 0 aliphatic carbocycles. The zero-order valence-corrected chi connectivity index (χ0v) is 13.9. The molecule has 7 nitrogen and oxygen atoms in total. The van der Waals surface area contributed by atoms with Crippen LogP contribution in [0, 0.1) is 0 Å². The summed E-state index contributed by atoms with van der Waals surface area (Å²) < 4.78 is 0. The van der Waals surface area contributed by atoms with Crippen molar-refractivity contribution in [2.24, 2.45) is 0 Å². The van der Waals surface area contributed by atoms with Crippen LogP contribution in [0.3, 0.4) is 0 Å². The number of amides is 1. The van der Waals surface area contributed by atoms with E-state index in [9.17, 15) is 4.79 Å². The zero-order valence-electron chi connectivity index (χ0n) is 13.9. The maximum absolute atomic E-state index is 12.5. The molecule has 1 aliphatic rings. The first-order chi connectivity index (χ1) is 11.8. The summed E-state index contributed by atoms with van der Waals surface area (Å²) in [6.07, 6.45) is 3.54. The normalized spacial score (nSPS) is 15.3. The molecule has 1 aliphatic heterocycles. The van der Waals surface area contributed by atoms with E-state index >= 15 is 0 Å². The monoisotopic (exact) mass is 326 g/mol. The minimum absolute atomic E-state index is 0.0444. The first-order valence-corrected chi connectivity index (χ1v) is 8.24. The lowest BCUT2D eigenvalue weighted by Crippen LogP contribution is -2.48. The Morgan fingerprint density at radius 3 is 2.62 bits per heavy atom. The number of piperazine rings is 1. The zero-order chi connectivity index (χ0) is 16.8. The number of carbonyl (C=O) groups excluding carboxylic acids is 1. The summed E-state index contributed by atoms with van der Waals surface area (Å²) in [4.78, 5) is 20.7. The highest BCUT2D eigenvalue weighted by atomic mass is 16.2. The third kappa shape index (κ3) is 4.05. The van der Waals surface area contributed by atoms with Gasteiger partial charge >= 0.3 is 0 Å². The van der Waals surface area contributed by atoms with Crippen molar-refractivity contribution in [1.29, 1.82) is 0 Å². The van der Waals surface area contributed by atoms with Gasteiger partial charge in [-0.3, -0.25) is 9.78 Å². The van der Waals surface area contributed by atoms with Crippen LogP contribution in [0.1, 0.15) is 23.0 Å². The lowest BCUT2D eigenvalue weighted by molar-refractivity contribution is 0.0636. The first kappa shape index (κ1) is 16.3. The smallest absolute Gasteiger partial charge is 0.274 e. The van der Waals surface area contributed by atoms with Crippen LogP contribution in [0.2, 0.25) is 0 Å². The van der Waals surface area contributed by atoms with E-state index < -0.39 is 0 Å². The van der Waals surface area contributed by atoms with Crippen LogP contribution < -0.4 is 5.32 Å². The van der Waals surface area contributed by atoms with Gasteiger partial charge in [-0.25, -0.2) is 0 Å². The van der Waals surface area contributed by atoms with Gasteiger partial charge in [-0.15, -0.1) is 10.2 Å². The van der Waals surface area contributed by atoms with Crippen molar-refractivity contribution in [3.8, 4) is 0 Å². The van der Waals surface area contributed by atoms with Crippen LogP contribution in [0.25, 0.3) is 0 Å². The van der Waals surface area contributed by atoms with E-state index in [2.05, 4.69) is 32.3 Å². The number of nitrogens with one attached hydrogen (secondary N) is 1. The van der Waals surface area contributed by atoms with Gasteiger partial charge < -0.3 is 15.1 Å². The average molecular weight is 326 g/mol. The van der Waals surface area contributed by atoms with Crippen LogP contribution in [-0.4, -0.2) is 63.6 Å². The molecule has 1 fully saturated rings. The number of carbonyl (C=O) groups is 1. The quantitative estimate of drug-likeness (QED) is 0.892. The molecule has 0 saturated carbocycles. The first-order valence-electron chi connectivity index (χ1n) is 8.24. The molecule has 1 N–H and O–H groups in total. The highest BCUT2D eigenvalue weighted by molar-refractivity contribution is 5.92. The molecule has 1 amide bonds. The lowest BCUT2D eigenvalue weighted by Gasteiger charge is -2.33. The van der Waals surface area contributed by atoms with Crippen LogP contribution in [0.5, 0.6) is 0 Å². The van der Waals surface area contributed by atoms with Crippen molar-refractivity contribution in [2.75, 3.05) is 38.0 Å². The maximum Gasteiger partial charge on any atom is 0.274 e. The predicted octanol–water partition coefficient (Wildman–Crippen LogP) is 1.26. The van der Waals surface area contributed by atoms with Gasteiger partial charge in [-0.05, 0) is 30.3 Å². The Morgan fingerprint density at radius 1 is 1.17 bits per heavy atom. The van der Waals surface area contributed by atoms with Gasteiger partial charge in [0.2, 0.25) is 0 Å². The fourth-order valence-corrected chi connectivity index (χ4v) is 2.67. The summed E-state index contributed by atoms with van der Waals surface area (Å²) in [7, 11) is 0. The van der Waals surface area contributed by atoms with Crippen LogP contribution in [0.4, 0.5) is 5.82 Å². The van der Waals surface area contributed by atoms with E-state index in [-0.39, 0.29) is 5.91 Å². The van der Waals surface area contributed by atoms with Gasteiger partial charge in [-0.2, -0.15) is 0 Å². The molecule has 3 rings (SSSR count). The van der Waals surface area contributed by atoms with Crippen molar-refractivity contribution < 1.29 is 4.79 Å². The fourth-order valence-electron chi connectivity index (χ4n) is 2.67. The molecule has 0 unspecified atom stereocenters. The molecular weight excluding hydrogens is 304 g/mol. The Bertz CT molecular complexity index is 653. The minimum Gasteiger partial charge on any atom is -0.364 e. The molecular formula is C17H22N6O. The van der Waals surface area contributed by atoms with Gasteiger partial charge in [0.1, 0.15) is 5.82 Å². The number of rotatable bonds is 5. The Labute approximate surface area is 141 Å². The van der Waals surface area contributed by atoms with Crippen molar-refractivity contribution in [3.05, 3.63) is 47.9 Å². The molecule has 0 aromatic carbocycles. The predicted molar refractivity (Wildman–Crippen MR) is 91.6 cm³/mol. The topological polar surface area (TPSA) is 74.2 Å². The third-order valence-electron chi connectivity index (χ3n) is 4.19. The Hall–Kier alpha value is -2.54. The molecule has 0 radical (unpaired) electrons. The van der Waals surface area contributed by atoms with Gasteiger partial charge in [0.25, 0.3) is 5.91 Å². The molecule has 126 valence electrons.